The summed E-state index contributed by atoms with van der Waals surface area (Å²) in [6, 6.07) is 14.5. The van der Waals surface area contributed by atoms with Crippen molar-refractivity contribution in [2.45, 2.75) is 84.3 Å². The fraction of sp³-hybridized carbons (Fsp3) is 0.467. The van der Waals surface area contributed by atoms with Gasteiger partial charge in [0.1, 0.15) is 24.0 Å². The Morgan fingerprint density at radius 2 is 1.42 bits per heavy atom. The SMILES string of the molecule is CC(=O)OC[C@H]1O[C@@H](Oc2ccc(C(O[Si](C)(C)C)n3nnc4ccccc43)cc2)[C@H](OC(C)=O)[C@@H](OC(C)=O)[C@H]1OC(C)=O. The van der Waals surface area contributed by atoms with Crippen molar-refractivity contribution in [2.24, 2.45) is 0 Å². The van der Waals surface area contributed by atoms with Gasteiger partial charge in [0.05, 0.1) is 5.52 Å². The number of carbonyl (C=O) groups excluding carboxylic acids is 4. The first-order valence-corrected chi connectivity index (χ1v) is 17.7. The van der Waals surface area contributed by atoms with Crippen LogP contribution in [-0.2, 0) is 47.3 Å². The Balaban J connectivity index is 1.67. The van der Waals surface area contributed by atoms with Gasteiger partial charge in [-0.3, -0.25) is 19.2 Å². The Labute approximate surface area is 260 Å². The van der Waals surface area contributed by atoms with Crippen LogP contribution < -0.4 is 4.74 Å². The topological polar surface area (TPSA) is 164 Å². The molecule has 15 heteroatoms. The molecular weight excluding hydrogens is 606 g/mol. The molecule has 242 valence electrons. The lowest BCUT2D eigenvalue weighted by Crippen LogP contribution is -2.63. The van der Waals surface area contributed by atoms with Crippen molar-refractivity contribution in [2.75, 3.05) is 6.61 Å². The van der Waals surface area contributed by atoms with Crippen LogP contribution in [0.4, 0.5) is 0 Å². The number of ether oxygens (including phenoxy) is 6. The highest BCUT2D eigenvalue weighted by molar-refractivity contribution is 6.69. The molecule has 0 radical (unpaired) electrons. The molecule has 1 aliphatic rings. The van der Waals surface area contributed by atoms with Crippen LogP contribution in [0.2, 0.25) is 19.6 Å². The molecule has 2 heterocycles. The molecule has 3 aromatic rings. The number of carbonyl (C=O) groups is 4. The second-order valence-electron chi connectivity index (χ2n) is 11.4. The van der Waals surface area contributed by atoms with Crippen molar-refractivity contribution in [3.05, 3.63) is 54.1 Å². The predicted octanol–water partition coefficient (Wildman–Crippen LogP) is 3.29. The van der Waals surface area contributed by atoms with Crippen molar-refractivity contribution in [3.8, 4) is 5.75 Å². The van der Waals surface area contributed by atoms with E-state index in [4.69, 9.17) is 32.8 Å². The summed E-state index contributed by atoms with van der Waals surface area (Å²) >= 11 is 0. The molecule has 1 unspecified atom stereocenters. The number of fused-ring (bicyclic) bond motifs is 1. The Hall–Kier alpha value is -4.34. The molecule has 1 aromatic heterocycles. The Morgan fingerprint density at radius 1 is 0.822 bits per heavy atom. The van der Waals surface area contributed by atoms with E-state index in [1.807, 2.05) is 24.3 Å². The summed E-state index contributed by atoms with van der Waals surface area (Å²) in [5, 5.41) is 8.63. The van der Waals surface area contributed by atoms with Crippen LogP contribution in [0.15, 0.2) is 48.5 Å². The molecule has 6 atom stereocenters. The maximum atomic E-state index is 12.1. The van der Waals surface area contributed by atoms with Gasteiger partial charge in [-0.05, 0) is 43.9 Å². The minimum Gasteiger partial charge on any atom is -0.463 e. The zero-order chi connectivity index (χ0) is 32.9. The number of esters is 4. The van der Waals surface area contributed by atoms with E-state index in [2.05, 4.69) is 30.0 Å². The third-order valence-electron chi connectivity index (χ3n) is 6.43. The highest BCUT2D eigenvalue weighted by atomic mass is 28.4. The van der Waals surface area contributed by atoms with Crippen molar-refractivity contribution in [3.63, 3.8) is 0 Å². The molecule has 1 saturated heterocycles. The van der Waals surface area contributed by atoms with Gasteiger partial charge in [-0.1, -0.05) is 29.5 Å². The van der Waals surface area contributed by atoms with E-state index in [0.29, 0.717) is 5.75 Å². The van der Waals surface area contributed by atoms with E-state index < -0.39 is 69.1 Å². The molecule has 2 aromatic carbocycles. The van der Waals surface area contributed by atoms with Crippen molar-refractivity contribution in [1.82, 2.24) is 15.0 Å². The fourth-order valence-corrected chi connectivity index (χ4v) is 5.69. The van der Waals surface area contributed by atoms with E-state index in [9.17, 15) is 19.2 Å². The molecule has 1 fully saturated rings. The molecule has 0 N–H and O–H groups in total. The lowest BCUT2D eigenvalue weighted by atomic mass is 9.98. The van der Waals surface area contributed by atoms with E-state index in [0.717, 1.165) is 37.4 Å². The molecular formula is C30H37N3O11Si. The van der Waals surface area contributed by atoms with Crippen LogP contribution in [0.3, 0.4) is 0 Å². The summed E-state index contributed by atoms with van der Waals surface area (Å²) in [5.74, 6) is -2.50. The maximum Gasteiger partial charge on any atom is 0.303 e. The summed E-state index contributed by atoms with van der Waals surface area (Å²) in [5.41, 5.74) is 2.30. The summed E-state index contributed by atoms with van der Waals surface area (Å²) in [7, 11) is -2.08. The molecule has 0 amide bonds. The van der Waals surface area contributed by atoms with Crippen LogP contribution in [0.25, 0.3) is 11.0 Å². The Kier molecular flexibility index (Phi) is 10.6. The summed E-state index contributed by atoms with van der Waals surface area (Å²) in [4.78, 5) is 47.8. The van der Waals surface area contributed by atoms with Gasteiger partial charge in [-0.25, -0.2) is 4.68 Å². The monoisotopic (exact) mass is 643 g/mol. The lowest BCUT2D eigenvalue weighted by Gasteiger charge is -2.43. The van der Waals surface area contributed by atoms with Crippen LogP contribution in [-0.4, -0.2) is 84.5 Å². The van der Waals surface area contributed by atoms with Gasteiger partial charge in [0, 0.05) is 33.3 Å². The first-order chi connectivity index (χ1) is 21.2. The Morgan fingerprint density at radius 3 is 2.02 bits per heavy atom. The van der Waals surface area contributed by atoms with Crippen LogP contribution >= 0.6 is 0 Å². The maximum absolute atomic E-state index is 12.1. The van der Waals surface area contributed by atoms with E-state index >= 15 is 0 Å². The average molecular weight is 644 g/mol. The minimum atomic E-state index is -2.08. The van der Waals surface area contributed by atoms with Gasteiger partial charge < -0.3 is 32.8 Å². The van der Waals surface area contributed by atoms with Gasteiger partial charge >= 0.3 is 23.9 Å². The quantitative estimate of drug-likeness (QED) is 0.170. The standard InChI is InChI=1S/C30H37N3O11Si/c1-17(34)38-16-25-26(39-18(2)35)27(40-19(3)36)28(41-20(4)37)30(43-25)42-22-14-12-21(13-15-22)29(44-45(5,6)7)33-24-11-9-8-10-23(24)31-32-33/h8-15,25-30H,16H2,1-7H3/t25-,26+,27+,28-,29?,30-/m1/s1. The summed E-state index contributed by atoms with van der Waals surface area (Å²) in [6.45, 7) is 10.5. The highest BCUT2D eigenvalue weighted by Gasteiger charge is 2.53. The Bertz CT molecular complexity index is 1520. The number of aromatic nitrogens is 3. The molecule has 4 rings (SSSR count). The third kappa shape index (κ3) is 8.86. The number of para-hydroxylation sites is 1. The van der Waals surface area contributed by atoms with Crippen molar-refractivity contribution >= 4 is 43.2 Å². The number of rotatable bonds is 11. The summed E-state index contributed by atoms with van der Waals surface area (Å²) in [6.07, 6.45) is -7.05. The largest absolute Gasteiger partial charge is 0.463 e. The molecule has 0 bridgehead atoms. The highest BCUT2D eigenvalue weighted by Crippen LogP contribution is 2.33. The third-order valence-corrected chi connectivity index (χ3v) is 7.36. The molecule has 0 aliphatic carbocycles. The zero-order valence-corrected chi connectivity index (χ0v) is 27.1. The minimum absolute atomic E-state index is 0.301. The smallest absolute Gasteiger partial charge is 0.303 e. The van der Waals surface area contributed by atoms with Gasteiger partial charge in [-0.15, -0.1) is 5.10 Å². The number of nitrogens with zero attached hydrogens (tertiary/aromatic N) is 3. The molecule has 0 spiro atoms. The fourth-order valence-electron chi connectivity index (χ4n) is 4.78. The summed E-state index contributed by atoms with van der Waals surface area (Å²) < 4.78 is 41.9. The lowest BCUT2D eigenvalue weighted by molar-refractivity contribution is -0.288. The average Bonchev–Trinajstić information content (AvgIpc) is 3.37. The molecule has 45 heavy (non-hydrogen) atoms. The van der Waals surface area contributed by atoms with Crippen LogP contribution in [0, 0.1) is 0 Å². The van der Waals surface area contributed by atoms with E-state index in [-0.39, 0.29) is 6.61 Å². The predicted molar refractivity (Wildman–Crippen MR) is 159 cm³/mol. The van der Waals surface area contributed by atoms with Crippen molar-refractivity contribution in [1.29, 1.82) is 0 Å². The molecule has 1 aliphatic heterocycles. The van der Waals surface area contributed by atoms with Gasteiger partial charge in [0.15, 0.2) is 26.8 Å². The van der Waals surface area contributed by atoms with Crippen LogP contribution in [0.5, 0.6) is 5.75 Å². The van der Waals surface area contributed by atoms with Crippen LogP contribution in [0.1, 0.15) is 39.5 Å². The van der Waals surface area contributed by atoms with Gasteiger partial charge in [0.2, 0.25) is 12.4 Å². The number of hydrogen-bond donors (Lipinski definition) is 0. The van der Waals surface area contributed by atoms with E-state index in [1.54, 1.807) is 28.9 Å². The second kappa shape index (κ2) is 14.2. The second-order valence-corrected chi connectivity index (χ2v) is 15.8. The van der Waals surface area contributed by atoms with E-state index in [1.165, 1.54) is 6.92 Å². The molecule has 0 saturated carbocycles. The first-order valence-electron chi connectivity index (χ1n) is 14.3. The molecule has 14 nitrogen and oxygen atoms in total. The number of hydrogen-bond acceptors (Lipinski definition) is 13. The van der Waals surface area contributed by atoms with Gasteiger partial charge in [0.25, 0.3) is 0 Å². The van der Waals surface area contributed by atoms with Crippen molar-refractivity contribution < 1.29 is 52.0 Å². The first kappa shape index (κ1) is 33.5. The normalized spacial score (nSPS) is 22.2. The van der Waals surface area contributed by atoms with Gasteiger partial charge in [-0.2, -0.15) is 0 Å². The number of benzene rings is 2. The zero-order valence-electron chi connectivity index (χ0n) is 26.1.